The van der Waals surface area contributed by atoms with Crippen molar-refractivity contribution in [3.63, 3.8) is 0 Å². The normalized spacial score (nSPS) is 10.8. The summed E-state index contributed by atoms with van der Waals surface area (Å²) < 4.78 is 6.22. The highest BCUT2D eigenvalue weighted by Crippen LogP contribution is 2.25. The van der Waals surface area contributed by atoms with Crippen LogP contribution in [0.5, 0.6) is 11.5 Å². The van der Waals surface area contributed by atoms with Gasteiger partial charge >= 0.3 is 0 Å². The number of halogens is 2. The number of hydrogen-bond donors (Lipinski definition) is 2. The monoisotopic (exact) mass is 410 g/mol. The predicted octanol–water partition coefficient (Wildman–Crippen LogP) is 3.95. The van der Waals surface area contributed by atoms with Crippen molar-refractivity contribution in [2.45, 2.75) is 13.8 Å². The van der Waals surface area contributed by atoms with E-state index < -0.39 is 5.91 Å². The zero-order chi connectivity index (χ0) is 17.7. The largest absolute Gasteiger partial charge is 0.507 e. The van der Waals surface area contributed by atoms with Gasteiger partial charge in [-0.05, 0) is 55.3 Å². The van der Waals surface area contributed by atoms with E-state index in [2.05, 4.69) is 26.5 Å². The van der Waals surface area contributed by atoms with E-state index >= 15 is 0 Å². The highest BCUT2D eigenvalue weighted by atomic mass is 79.9. The van der Waals surface area contributed by atoms with Crippen molar-refractivity contribution in [1.82, 2.24) is 5.43 Å². The molecule has 2 aromatic carbocycles. The Morgan fingerprint density at radius 2 is 2.00 bits per heavy atom. The Hall–Kier alpha value is -2.05. The first-order valence-corrected chi connectivity index (χ1v) is 8.24. The van der Waals surface area contributed by atoms with Gasteiger partial charge in [-0.15, -0.1) is 0 Å². The molecule has 2 aromatic rings. The predicted molar refractivity (Wildman–Crippen MR) is 98.0 cm³/mol. The number of aromatic hydroxyl groups is 1. The Labute approximate surface area is 153 Å². The minimum absolute atomic E-state index is 0.0690. The fraction of sp³-hybridized carbons (Fsp3) is 0.176. The molecule has 2 N–H and O–H groups in total. The number of phenols is 1. The number of rotatable bonds is 5. The molecule has 0 aliphatic heterocycles. The van der Waals surface area contributed by atoms with Crippen LogP contribution in [0.1, 0.15) is 16.7 Å². The topological polar surface area (TPSA) is 70.9 Å². The summed E-state index contributed by atoms with van der Waals surface area (Å²) in [6.07, 6.45) is 1.36. The number of amides is 1. The van der Waals surface area contributed by atoms with Gasteiger partial charge in [0.05, 0.1) is 6.21 Å². The molecule has 0 spiro atoms. The van der Waals surface area contributed by atoms with Gasteiger partial charge in [-0.1, -0.05) is 27.5 Å². The SMILES string of the molecule is Cc1cc(OCC(=O)NN=Cc2cc(Br)ccc2O)cc(C)c1Cl. The second kappa shape index (κ2) is 8.17. The fourth-order valence-corrected chi connectivity index (χ4v) is 2.46. The van der Waals surface area contributed by atoms with Crippen LogP contribution in [0, 0.1) is 13.8 Å². The average Bonchev–Trinajstić information content (AvgIpc) is 2.53. The van der Waals surface area contributed by atoms with Crippen molar-refractivity contribution < 1.29 is 14.6 Å². The number of benzene rings is 2. The first-order chi connectivity index (χ1) is 11.4. The molecule has 126 valence electrons. The van der Waals surface area contributed by atoms with Crippen LogP contribution in [0.15, 0.2) is 39.9 Å². The van der Waals surface area contributed by atoms with E-state index in [1.54, 1.807) is 24.3 Å². The van der Waals surface area contributed by atoms with E-state index in [1.807, 2.05) is 13.8 Å². The van der Waals surface area contributed by atoms with Crippen molar-refractivity contribution in [3.8, 4) is 11.5 Å². The minimum atomic E-state index is -0.411. The van der Waals surface area contributed by atoms with Gasteiger partial charge in [0.2, 0.25) is 0 Å². The standard InChI is InChI=1S/C17H16BrClN2O3/c1-10-5-14(6-11(2)17(10)19)24-9-16(23)21-20-8-12-7-13(18)3-4-15(12)22/h3-8,22H,9H2,1-2H3,(H,21,23). The molecule has 0 radical (unpaired) electrons. The second-order valence-electron chi connectivity index (χ2n) is 5.16. The van der Waals surface area contributed by atoms with Gasteiger partial charge in [-0.25, -0.2) is 5.43 Å². The molecule has 0 fully saturated rings. The molecule has 0 unspecified atom stereocenters. The number of aryl methyl sites for hydroxylation is 2. The molecule has 0 aliphatic carbocycles. The molecule has 0 heterocycles. The third-order valence-corrected chi connectivity index (χ3v) is 4.25. The third kappa shape index (κ3) is 4.97. The summed E-state index contributed by atoms with van der Waals surface area (Å²) in [6.45, 7) is 3.57. The number of nitrogens with one attached hydrogen (secondary N) is 1. The molecule has 7 heteroatoms. The number of hydrazone groups is 1. The second-order valence-corrected chi connectivity index (χ2v) is 6.45. The van der Waals surface area contributed by atoms with Crippen LogP contribution in [0.2, 0.25) is 5.02 Å². The summed E-state index contributed by atoms with van der Waals surface area (Å²) in [4.78, 5) is 11.7. The maximum absolute atomic E-state index is 11.7. The Bertz CT molecular complexity index is 770. The molecule has 0 aromatic heterocycles. The molecule has 24 heavy (non-hydrogen) atoms. The molecular weight excluding hydrogens is 396 g/mol. The van der Waals surface area contributed by atoms with Crippen LogP contribution in [-0.4, -0.2) is 23.8 Å². The first-order valence-electron chi connectivity index (χ1n) is 7.07. The summed E-state index contributed by atoms with van der Waals surface area (Å²) in [5.41, 5.74) is 4.59. The molecule has 0 bridgehead atoms. The van der Waals surface area contributed by atoms with Crippen LogP contribution < -0.4 is 10.2 Å². The lowest BCUT2D eigenvalue weighted by Crippen LogP contribution is -2.24. The van der Waals surface area contributed by atoms with E-state index in [4.69, 9.17) is 16.3 Å². The fourth-order valence-electron chi connectivity index (χ4n) is 1.97. The van der Waals surface area contributed by atoms with Gasteiger partial charge in [0.1, 0.15) is 11.5 Å². The smallest absolute Gasteiger partial charge is 0.277 e. The van der Waals surface area contributed by atoms with E-state index in [-0.39, 0.29) is 12.4 Å². The zero-order valence-electron chi connectivity index (χ0n) is 13.1. The van der Waals surface area contributed by atoms with Crippen molar-refractivity contribution in [3.05, 3.63) is 56.5 Å². The molecule has 5 nitrogen and oxygen atoms in total. The molecule has 0 atom stereocenters. The Kier molecular flexibility index (Phi) is 6.23. The number of carbonyl (C=O) groups is 1. The van der Waals surface area contributed by atoms with Crippen molar-refractivity contribution >= 4 is 39.7 Å². The van der Waals surface area contributed by atoms with Crippen molar-refractivity contribution in [2.75, 3.05) is 6.61 Å². The minimum Gasteiger partial charge on any atom is -0.507 e. The summed E-state index contributed by atoms with van der Waals surface area (Å²) in [7, 11) is 0. The number of hydrogen-bond acceptors (Lipinski definition) is 4. The Morgan fingerprint density at radius 3 is 2.67 bits per heavy atom. The quantitative estimate of drug-likeness (QED) is 0.578. The highest BCUT2D eigenvalue weighted by molar-refractivity contribution is 9.10. The van der Waals surface area contributed by atoms with E-state index in [0.29, 0.717) is 16.3 Å². The number of carbonyl (C=O) groups excluding carboxylic acids is 1. The van der Waals surface area contributed by atoms with Crippen molar-refractivity contribution in [1.29, 1.82) is 0 Å². The van der Waals surface area contributed by atoms with Crippen LogP contribution in [0.3, 0.4) is 0 Å². The lowest BCUT2D eigenvalue weighted by Gasteiger charge is -2.09. The van der Waals surface area contributed by atoms with Crippen LogP contribution in [0.25, 0.3) is 0 Å². The molecule has 0 saturated carbocycles. The van der Waals surface area contributed by atoms with Gasteiger partial charge in [0, 0.05) is 15.1 Å². The van der Waals surface area contributed by atoms with E-state index in [0.717, 1.165) is 15.6 Å². The lowest BCUT2D eigenvalue weighted by atomic mass is 10.1. The maximum Gasteiger partial charge on any atom is 0.277 e. The molecule has 1 amide bonds. The maximum atomic E-state index is 11.7. The third-order valence-electron chi connectivity index (χ3n) is 3.16. The molecular formula is C17H16BrClN2O3. The summed E-state index contributed by atoms with van der Waals surface area (Å²) in [5, 5.41) is 14.2. The molecule has 2 rings (SSSR count). The van der Waals surface area contributed by atoms with Crippen LogP contribution in [-0.2, 0) is 4.79 Å². The number of phenolic OH excluding ortho intramolecular Hbond substituents is 1. The Balaban J connectivity index is 1.90. The van der Waals surface area contributed by atoms with Gasteiger partial charge in [0.25, 0.3) is 5.91 Å². The van der Waals surface area contributed by atoms with Gasteiger partial charge in [0.15, 0.2) is 6.61 Å². The first kappa shape index (κ1) is 18.3. The molecule has 0 aliphatic rings. The molecule has 0 saturated heterocycles. The van der Waals surface area contributed by atoms with Crippen LogP contribution >= 0.6 is 27.5 Å². The van der Waals surface area contributed by atoms with Gasteiger partial charge in [-0.3, -0.25) is 4.79 Å². The van der Waals surface area contributed by atoms with Gasteiger partial charge < -0.3 is 9.84 Å². The van der Waals surface area contributed by atoms with E-state index in [9.17, 15) is 9.90 Å². The summed E-state index contributed by atoms with van der Waals surface area (Å²) >= 11 is 9.38. The number of ether oxygens (including phenoxy) is 1. The number of nitrogens with zero attached hydrogens (tertiary/aromatic N) is 1. The van der Waals surface area contributed by atoms with Crippen LogP contribution in [0.4, 0.5) is 0 Å². The van der Waals surface area contributed by atoms with Gasteiger partial charge in [-0.2, -0.15) is 5.10 Å². The highest BCUT2D eigenvalue weighted by Gasteiger charge is 2.06. The van der Waals surface area contributed by atoms with E-state index in [1.165, 1.54) is 12.3 Å². The summed E-state index contributed by atoms with van der Waals surface area (Å²) in [6, 6.07) is 8.45. The summed E-state index contributed by atoms with van der Waals surface area (Å²) in [5.74, 6) is 0.226. The Morgan fingerprint density at radius 1 is 1.33 bits per heavy atom. The van der Waals surface area contributed by atoms with Crippen molar-refractivity contribution in [2.24, 2.45) is 5.10 Å². The lowest BCUT2D eigenvalue weighted by molar-refractivity contribution is -0.123. The zero-order valence-corrected chi connectivity index (χ0v) is 15.5. The average molecular weight is 412 g/mol.